The molecule has 0 N–H and O–H groups in total. The lowest BCUT2D eigenvalue weighted by Crippen LogP contribution is -2.56. The van der Waals surface area contributed by atoms with E-state index in [1.54, 1.807) is 0 Å². The standard InChI is InChI=1S/C44H26BN3O/c1-3-13-27(14-4-1)46-36-22-9-7-17-29(36)33-25-26-34-32-21-11-20-31-30-19-12-23-37-39(30)45(48(40(31)32)42(34)41(33)46)44-43(35-18-8-10-24-38(35)49-44)47(37)28-15-5-2-6-16-28/h1-26H. The largest absolute Gasteiger partial charge is 0.466 e. The predicted molar refractivity (Wildman–Crippen MR) is 204 cm³/mol. The van der Waals surface area contributed by atoms with Crippen LogP contribution < -0.4 is 16.0 Å². The highest BCUT2D eigenvalue weighted by molar-refractivity contribution is 6.89. The molecule has 226 valence electrons. The molecule has 5 heterocycles. The van der Waals surface area contributed by atoms with Crippen LogP contribution in [0.5, 0.6) is 0 Å². The highest BCUT2D eigenvalue weighted by Crippen LogP contribution is 2.49. The van der Waals surface area contributed by atoms with Crippen molar-refractivity contribution in [2.45, 2.75) is 0 Å². The Balaban J connectivity index is 1.32. The van der Waals surface area contributed by atoms with Crippen LogP contribution in [0.1, 0.15) is 0 Å². The minimum atomic E-state index is -0.170. The van der Waals surface area contributed by atoms with Gasteiger partial charge in [-0.2, -0.15) is 0 Å². The molecule has 0 spiro atoms. The minimum Gasteiger partial charge on any atom is -0.466 e. The molecule has 7 aromatic carbocycles. The molecule has 0 saturated carbocycles. The zero-order chi connectivity index (χ0) is 31.8. The fourth-order valence-corrected chi connectivity index (χ4v) is 9.03. The molecule has 0 radical (unpaired) electrons. The summed E-state index contributed by atoms with van der Waals surface area (Å²) in [5, 5.41) is 6.13. The Bertz CT molecular complexity index is 3010. The zero-order valence-electron chi connectivity index (χ0n) is 26.3. The quantitative estimate of drug-likeness (QED) is 0.179. The predicted octanol–water partition coefficient (Wildman–Crippen LogP) is 10.1. The highest BCUT2D eigenvalue weighted by atomic mass is 16.3. The van der Waals surface area contributed by atoms with Crippen molar-refractivity contribution in [3.63, 3.8) is 0 Å². The van der Waals surface area contributed by atoms with Crippen LogP contribution in [0.25, 0.3) is 71.4 Å². The number of furan rings is 1. The SMILES string of the molecule is c1ccc(N2c3cccc4c3B(c3oc5ccccc5c32)n2c3c-4cccc3c3ccc4c5ccccc5n(-c5ccccc5)c4c32)cc1. The van der Waals surface area contributed by atoms with E-state index in [2.05, 4.69) is 172 Å². The second kappa shape index (κ2) is 9.12. The number of benzene rings is 7. The van der Waals surface area contributed by atoms with Gasteiger partial charge in [-0.15, -0.1) is 0 Å². The van der Waals surface area contributed by atoms with Crippen LogP contribution in [0.2, 0.25) is 0 Å². The van der Waals surface area contributed by atoms with E-state index in [4.69, 9.17) is 4.42 Å². The Kier molecular flexibility index (Phi) is 4.77. The molecule has 12 rings (SSSR count). The van der Waals surface area contributed by atoms with Crippen LogP contribution in [0, 0.1) is 0 Å². The Morgan fingerprint density at radius 3 is 1.92 bits per heavy atom. The summed E-state index contributed by atoms with van der Waals surface area (Å²) in [6, 6.07) is 57.2. The van der Waals surface area contributed by atoms with Gasteiger partial charge < -0.3 is 18.4 Å². The summed E-state index contributed by atoms with van der Waals surface area (Å²) < 4.78 is 12.2. The van der Waals surface area contributed by atoms with Crippen LogP contribution >= 0.6 is 0 Å². The average Bonchev–Trinajstić information content (AvgIpc) is 3.83. The maximum atomic E-state index is 7.07. The summed E-state index contributed by atoms with van der Waals surface area (Å²) in [6.07, 6.45) is 0. The Morgan fingerprint density at radius 2 is 1.08 bits per heavy atom. The number of rotatable bonds is 2. The minimum absolute atomic E-state index is 0.170. The zero-order valence-corrected chi connectivity index (χ0v) is 26.3. The van der Waals surface area contributed by atoms with Gasteiger partial charge in [-0.1, -0.05) is 109 Å². The molecule has 0 aliphatic carbocycles. The summed E-state index contributed by atoms with van der Waals surface area (Å²) in [4.78, 5) is 2.42. The lowest BCUT2D eigenvalue weighted by molar-refractivity contribution is 0.649. The third-order valence-corrected chi connectivity index (χ3v) is 10.9. The molecule has 5 heteroatoms. The topological polar surface area (TPSA) is 26.2 Å². The van der Waals surface area contributed by atoms with Gasteiger partial charge in [0, 0.05) is 55.1 Å². The van der Waals surface area contributed by atoms with Gasteiger partial charge in [-0.25, -0.2) is 0 Å². The molecule has 0 bridgehead atoms. The summed E-state index contributed by atoms with van der Waals surface area (Å²) >= 11 is 0. The van der Waals surface area contributed by atoms with Gasteiger partial charge in [0.05, 0.1) is 22.2 Å². The van der Waals surface area contributed by atoms with Gasteiger partial charge in [0.2, 0.25) is 0 Å². The maximum Gasteiger partial charge on any atom is 0.376 e. The van der Waals surface area contributed by atoms with Gasteiger partial charge in [-0.3, -0.25) is 0 Å². The average molecular weight is 624 g/mol. The van der Waals surface area contributed by atoms with Crippen molar-refractivity contribution >= 4 is 89.6 Å². The lowest BCUT2D eigenvalue weighted by Gasteiger charge is -2.38. The van der Waals surface area contributed by atoms with E-state index in [1.807, 2.05) is 0 Å². The van der Waals surface area contributed by atoms with E-state index in [9.17, 15) is 0 Å². The lowest BCUT2D eigenvalue weighted by atomic mass is 9.47. The van der Waals surface area contributed by atoms with Crippen molar-refractivity contribution in [2.24, 2.45) is 0 Å². The molecule has 4 nitrogen and oxygen atoms in total. The molecule has 49 heavy (non-hydrogen) atoms. The van der Waals surface area contributed by atoms with Crippen molar-refractivity contribution in [3.8, 4) is 16.8 Å². The fraction of sp³-hybridized carbons (Fsp3) is 0. The van der Waals surface area contributed by atoms with Crippen molar-refractivity contribution in [1.29, 1.82) is 0 Å². The Labute approximate surface area is 281 Å². The van der Waals surface area contributed by atoms with E-state index in [1.165, 1.54) is 65.9 Å². The van der Waals surface area contributed by atoms with Gasteiger partial charge in [0.1, 0.15) is 11.2 Å². The fourth-order valence-electron chi connectivity index (χ4n) is 9.03. The second-order valence-corrected chi connectivity index (χ2v) is 13.2. The normalized spacial score (nSPS) is 13.2. The summed E-state index contributed by atoms with van der Waals surface area (Å²) in [7, 11) is 0. The summed E-state index contributed by atoms with van der Waals surface area (Å²) in [6.45, 7) is -0.170. The molecule has 3 aromatic heterocycles. The van der Waals surface area contributed by atoms with Crippen LogP contribution in [0.15, 0.2) is 162 Å². The van der Waals surface area contributed by atoms with Gasteiger partial charge in [-0.05, 0) is 59.6 Å². The first-order valence-electron chi connectivity index (χ1n) is 16.9. The van der Waals surface area contributed by atoms with E-state index in [-0.39, 0.29) is 6.85 Å². The molecule has 0 fully saturated rings. The smallest absolute Gasteiger partial charge is 0.376 e. The van der Waals surface area contributed by atoms with E-state index in [0.717, 1.165) is 33.7 Å². The van der Waals surface area contributed by atoms with E-state index >= 15 is 0 Å². The first-order chi connectivity index (χ1) is 24.4. The maximum absolute atomic E-state index is 7.07. The number of hydrogen-bond acceptors (Lipinski definition) is 2. The van der Waals surface area contributed by atoms with Crippen molar-refractivity contribution in [2.75, 3.05) is 4.90 Å². The number of anilines is 3. The van der Waals surface area contributed by atoms with Gasteiger partial charge in [0.15, 0.2) is 0 Å². The molecule has 0 amide bonds. The number of fused-ring (bicyclic) bond motifs is 13. The molecule has 2 aliphatic rings. The first-order valence-corrected chi connectivity index (χ1v) is 16.9. The molecular formula is C44H26BN3O. The molecule has 10 aromatic rings. The van der Waals surface area contributed by atoms with Crippen LogP contribution in [-0.2, 0) is 0 Å². The molecular weight excluding hydrogens is 597 g/mol. The third-order valence-electron chi connectivity index (χ3n) is 10.9. The first kappa shape index (κ1) is 25.6. The molecule has 0 unspecified atom stereocenters. The Morgan fingerprint density at radius 1 is 0.449 bits per heavy atom. The molecule has 0 saturated heterocycles. The summed E-state index contributed by atoms with van der Waals surface area (Å²) in [5.41, 5.74) is 15.1. The van der Waals surface area contributed by atoms with E-state index in [0.29, 0.717) is 0 Å². The van der Waals surface area contributed by atoms with Crippen molar-refractivity contribution in [1.82, 2.24) is 9.05 Å². The number of hydrogen-bond donors (Lipinski definition) is 0. The molecule has 0 atom stereocenters. The van der Waals surface area contributed by atoms with Crippen LogP contribution in [0.3, 0.4) is 0 Å². The third kappa shape index (κ3) is 3.11. The number of aromatic nitrogens is 2. The number of nitrogens with zero attached hydrogens (tertiary/aromatic N) is 3. The second-order valence-electron chi connectivity index (χ2n) is 13.2. The van der Waals surface area contributed by atoms with Crippen LogP contribution in [0.4, 0.5) is 17.1 Å². The highest BCUT2D eigenvalue weighted by Gasteiger charge is 2.46. The Hall–Kier alpha value is -6.46. The monoisotopic (exact) mass is 623 g/mol. The van der Waals surface area contributed by atoms with Gasteiger partial charge in [0.25, 0.3) is 0 Å². The van der Waals surface area contributed by atoms with Crippen molar-refractivity contribution in [3.05, 3.63) is 158 Å². The van der Waals surface area contributed by atoms with Crippen molar-refractivity contribution < 1.29 is 4.42 Å². The van der Waals surface area contributed by atoms with Gasteiger partial charge >= 0.3 is 6.85 Å². The summed E-state index contributed by atoms with van der Waals surface area (Å²) in [5.74, 6) is 0. The van der Waals surface area contributed by atoms with E-state index < -0.39 is 0 Å². The number of para-hydroxylation sites is 5. The van der Waals surface area contributed by atoms with Crippen LogP contribution in [-0.4, -0.2) is 15.9 Å². The molecule has 2 aliphatic heterocycles.